The average Bonchev–Trinajstić information content (AvgIpc) is 2.35. The van der Waals surface area contributed by atoms with Crippen molar-refractivity contribution in [2.75, 3.05) is 13.1 Å². The van der Waals surface area contributed by atoms with Gasteiger partial charge in [0.25, 0.3) is 0 Å². The van der Waals surface area contributed by atoms with E-state index in [1.54, 1.807) is 0 Å². The third-order valence-electron chi connectivity index (χ3n) is 3.39. The van der Waals surface area contributed by atoms with Crippen LogP contribution in [-0.2, 0) is 4.79 Å². The van der Waals surface area contributed by atoms with E-state index >= 15 is 0 Å². The van der Waals surface area contributed by atoms with Gasteiger partial charge in [-0.25, -0.2) is 0 Å². The van der Waals surface area contributed by atoms with Gasteiger partial charge in [0, 0.05) is 31.3 Å². The maximum atomic E-state index is 11.8. The zero-order chi connectivity index (χ0) is 12.5. The second-order valence-electron chi connectivity index (χ2n) is 5.03. The summed E-state index contributed by atoms with van der Waals surface area (Å²) in [6.07, 6.45) is 11.1. The van der Waals surface area contributed by atoms with Crippen LogP contribution in [-0.4, -0.2) is 23.8 Å². The standard InChI is InChI=1S/C15H27NO/c1-3-5-11-16(12-6-4-2)13-14-9-7-8-10-15(14)17/h13H,3-12H2,1-2H3. The third kappa shape index (κ3) is 5.38. The molecule has 2 heteroatoms. The highest BCUT2D eigenvalue weighted by Crippen LogP contribution is 2.20. The van der Waals surface area contributed by atoms with Gasteiger partial charge in [-0.15, -0.1) is 0 Å². The Hall–Kier alpha value is -0.790. The molecule has 0 aromatic carbocycles. The van der Waals surface area contributed by atoms with E-state index in [1.807, 2.05) is 0 Å². The molecule has 17 heavy (non-hydrogen) atoms. The molecule has 0 heterocycles. The lowest BCUT2D eigenvalue weighted by Crippen LogP contribution is -2.22. The Morgan fingerprint density at radius 2 is 1.65 bits per heavy atom. The van der Waals surface area contributed by atoms with Crippen molar-refractivity contribution in [2.45, 2.75) is 65.2 Å². The minimum absolute atomic E-state index is 0.384. The first kappa shape index (κ1) is 14.3. The summed E-state index contributed by atoms with van der Waals surface area (Å²) >= 11 is 0. The summed E-state index contributed by atoms with van der Waals surface area (Å²) < 4.78 is 0. The Labute approximate surface area is 106 Å². The minimum atomic E-state index is 0.384. The summed E-state index contributed by atoms with van der Waals surface area (Å²) in [5.41, 5.74) is 1.07. The van der Waals surface area contributed by atoms with Crippen molar-refractivity contribution in [1.82, 2.24) is 4.90 Å². The van der Waals surface area contributed by atoms with E-state index in [4.69, 9.17) is 0 Å². The highest BCUT2D eigenvalue weighted by atomic mass is 16.1. The predicted octanol–water partition coefficient (Wildman–Crippen LogP) is 3.92. The molecule has 1 fully saturated rings. The number of nitrogens with zero attached hydrogens (tertiary/aromatic N) is 1. The van der Waals surface area contributed by atoms with Gasteiger partial charge in [-0.2, -0.15) is 0 Å². The summed E-state index contributed by atoms with van der Waals surface area (Å²) in [6.45, 7) is 6.65. The van der Waals surface area contributed by atoms with Crippen molar-refractivity contribution in [3.8, 4) is 0 Å². The number of ketones is 1. The normalized spacial score (nSPS) is 18.7. The van der Waals surface area contributed by atoms with Crippen LogP contribution in [0.15, 0.2) is 11.8 Å². The molecule has 0 radical (unpaired) electrons. The Kier molecular flexibility index (Phi) is 6.99. The summed E-state index contributed by atoms with van der Waals surface area (Å²) in [5.74, 6) is 0.384. The van der Waals surface area contributed by atoms with Crippen molar-refractivity contribution in [3.05, 3.63) is 11.8 Å². The second kappa shape index (κ2) is 8.32. The molecule has 0 bridgehead atoms. The van der Waals surface area contributed by atoms with Crippen LogP contribution in [0, 0.1) is 0 Å². The Morgan fingerprint density at radius 1 is 1.06 bits per heavy atom. The van der Waals surface area contributed by atoms with Crippen LogP contribution in [0.1, 0.15) is 65.2 Å². The number of carbonyl (C=O) groups excluding carboxylic acids is 1. The van der Waals surface area contributed by atoms with Gasteiger partial charge in [0.1, 0.15) is 0 Å². The van der Waals surface area contributed by atoms with Gasteiger partial charge in [-0.3, -0.25) is 4.79 Å². The van der Waals surface area contributed by atoms with E-state index in [0.717, 1.165) is 37.9 Å². The topological polar surface area (TPSA) is 20.3 Å². The van der Waals surface area contributed by atoms with Crippen LogP contribution in [0.4, 0.5) is 0 Å². The van der Waals surface area contributed by atoms with Crippen LogP contribution in [0.3, 0.4) is 0 Å². The number of allylic oxidation sites excluding steroid dienone is 1. The molecule has 2 nitrogen and oxygen atoms in total. The molecule has 0 atom stereocenters. The largest absolute Gasteiger partial charge is 0.377 e. The first-order valence-corrected chi connectivity index (χ1v) is 7.25. The zero-order valence-electron chi connectivity index (χ0n) is 11.5. The Balaban J connectivity index is 2.54. The summed E-state index contributed by atoms with van der Waals surface area (Å²) in [7, 11) is 0. The van der Waals surface area contributed by atoms with Gasteiger partial charge in [-0.1, -0.05) is 26.7 Å². The van der Waals surface area contributed by atoms with Gasteiger partial charge in [-0.05, 0) is 32.1 Å². The molecule has 0 unspecified atom stereocenters. The Bertz CT molecular complexity index is 250. The van der Waals surface area contributed by atoms with Gasteiger partial charge in [0.05, 0.1) is 0 Å². The molecule has 98 valence electrons. The van der Waals surface area contributed by atoms with E-state index in [2.05, 4.69) is 24.9 Å². The van der Waals surface area contributed by atoms with E-state index in [1.165, 1.54) is 32.1 Å². The monoisotopic (exact) mass is 237 g/mol. The molecule has 0 amide bonds. The molecular weight excluding hydrogens is 210 g/mol. The van der Waals surface area contributed by atoms with Crippen LogP contribution in [0.2, 0.25) is 0 Å². The molecule has 1 aliphatic carbocycles. The number of Topliss-reactive ketones (excluding diaryl/α,β-unsaturated/α-hetero) is 1. The highest BCUT2D eigenvalue weighted by Gasteiger charge is 2.15. The summed E-state index contributed by atoms with van der Waals surface area (Å²) in [4.78, 5) is 14.1. The molecule has 0 aromatic rings. The smallest absolute Gasteiger partial charge is 0.160 e. The molecule has 0 saturated heterocycles. The van der Waals surface area contributed by atoms with Crippen LogP contribution < -0.4 is 0 Å². The fraction of sp³-hybridized carbons (Fsp3) is 0.800. The molecule has 1 aliphatic rings. The number of hydrogen-bond acceptors (Lipinski definition) is 2. The van der Waals surface area contributed by atoms with Crippen molar-refractivity contribution in [1.29, 1.82) is 0 Å². The quantitative estimate of drug-likeness (QED) is 0.626. The number of hydrogen-bond donors (Lipinski definition) is 0. The minimum Gasteiger partial charge on any atom is -0.377 e. The van der Waals surface area contributed by atoms with Gasteiger partial charge < -0.3 is 4.90 Å². The van der Waals surface area contributed by atoms with Crippen LogP contribution in [0.25, 0.3) is 0 Å². The van der Waals surface area contributed by atoms with Gasteiger partial charge in [0.2, 0.25) is 0 Å². The molecule has 0 spiro atoms. The maximum Gasteiger partial charge on any atom is 0.160 e. The van der Waals surface area contributed by atoms with E-state index < -0.39 is 0 Å². The van der Waals surface area contributed by atoms with Gasteiger partial charge in [0.15, 0.2) is 5.78 Å². The number of unbranched alkanes of at least 4 members (excludes halogenated alkanes) is 2. The molecule has 1 saturated carbocycles. The van der Waals surface area contributed by atoms with Crippen LogP contribution >= 0.6 is 0 Å². The van der Waals surface area contributed by atoms with Crippen molar-refractivity contribution in [2.24, 2.45) is 0 Å². The Morgan fingerprint density at radius 3 is 2.18 bits per heavy atom. The van der Waals surface area contributed by atoms with E-state index in [9.17, 15) is 4.79 Å². The highest BCUT2D eigenvalue weighted by molar-refractivity contribution is 5.95. The first-order chi connectivity index (χ1) is 8.27. The number of rotatable bonds is 7. The molecule has 0 N–H and O–H groups in total. The fourth-order valence-electron chi connectivity index (χ4n) is 2.22. The molecular formula is C15H27NO. The SMILES string of the molecule is CCCCN(C=C1CCCCC1=O)CCCC. The zero-order valence-corrected chi connectivity index (χ0v) is 11.5. The predicted molar refractivity (Wildman–Crippen MR) is 72.9 cm³/mol. The lowest BCUT2D eigenvalue weighted by molar-refractivity contribution is -0.116. The van der Waals surface area contributed by atoms with E-state index in [-0.39, 0.29) is 0 Å². The summed E-state index contributed by atoms with van der Waals surface area (Å²) in [6, 6.07) is 0. The first-order valence-electron chi connectivity index (χ1n) is 7.25. The number of carbonyl (C=O) groups is 1. The van der Waals surface area contributed by atoms with Crippen molar-refractivity contribution >= 4 is 5.78 Å². The lowest BCUT2D eigenvalue weighted by atomic mass is 9.94. The lowest BCUT2D eigenvalue weighted by Gasteiger charge is -2.23. The average molecular weight is 237 g/mol. The van der Waals surface area contributed by atoms with Crippen LogP contribution in [0.5, 0.6) is 0 Å². The van der Waals surface area contributed by atoms with Gasteiger partial charge >= 0.3 is 0 Å². The fourth-order valence-corrected chi connectivity index (χ4v) is 2.22. The molecule has 0 aromatic heterocycles. The second-order valence-corrected chi connectivity index (χ2v) is 5.03. The maximum absolute atomic E-state index is 11.8. The summed E-state index contributed by atoms with van der Waals surface area (Å²) in [5, 5.41) is 0. The van der Waals surface area contributed by atoms with Crippen molar-refractivity contribution < 1.29 is 4.79 Å². The molecule has 1 rings (SSSR count). The molecule has 0 aliphatic heterocycles. The third-order valence-corrected chi connectivity index (χ3v) is 3.39. The van der Waals surface area contributed by atoms with E-state index in [0.29, 0.717) is 5.78 Å². The van der Waals surface area contributed by atoms with Crippen molar-refractivity contribution in [3.63, 3.8) is 0 Å².